The van der Waals surface area contributed by atoms with Crippen LogP contribution in [0.2, 0.25) is 0 Å². The third kappa shape index (κ3) is 3.42. The van der Waals surface area contributed by atoms with Gasteiger partial charge in [-0.3, -0.25) is 4.79 Å². The molecule has 1 heterocycles. The van der Waals surface area contributed by atoms with Crippen molar-refractivity contribution in [2.45, 2.75) is 31.5 Å². The number of hydrogen-bond acceptors (Lipinski definition) is 2. The van der Waals surface area contributed by atoms with E-state index in [1.165, 1.54) is 13.1 Å². The monoisotopic (exact) mass is 275 g/mol. The zero-order valence-corrected chi connectivity index (χ0v) is 10.6. The fourth-order valence-electron chi connectivity index (χ4n) is 1.92. The summed E-state index contributed by atoms with van der Waals surface area (Å²) in [6, 6.07) is 1.78. The van der Waals surface area contributed by atoms with E-state index in [1.54, 1.807) is 10.8 Å². The molecular weight excluding hydrogens is 259 g/mol. The molecule has 2 rings (SSSR count). The first-order chi connectivity index (χ1) is 8.78. The van der Waals surface area contributed by atoms with Crippen LogP contribution < -0.4 is 5.73 Å². The Labute approximate surface area is 109 Å². The van der Waals surface area contributed by atoms with Crippen molar-refractivity contribution in [2.75, 3.05) is 19.3 Å². The van der Waals surface area contributed by atoms with Crippen LogP contribution in [-0.2, 0) is 0 Å². The van der Waals surface area contributed by atoms with Crippen LogP contribution >= 0.6 is 0 Å². The molecule has 1 fully saturated rings. The molecule has 4 nitrogen and oxygen atoms in total. The molecule has 0 atom stereocenters. The molecule has 1 saturated carbocycles. The van der Waals surface area contributed by atoms with E-state index in [-0.39, 0.29) is 12.6 Å². The first-order valence-corrected chi connectivity index (χ1v) is 6.07. The van der Waals surface area contributed by atoms with Crippen LogP contribution in [0.1, 0.15) is 35.8 Å². The fourth-order valence-corrected chi connectivity index (χ4v) is 1.92. The second-order valence-electron chi connectivity index (χ2n) is 4.89. The highest BCUT2D eigenvalue weighted by Gasteiger charge is 2.31. The minimum Gasteiger partial charge on any atom is -0.397 e. The van der Waals surface area contributed by atoms with Gasteiger partial charge >= 0.3 is 6.18 Å². The third-order valence-electron chi connectivity index (χ3n) is 3.11. The summed E-state index contributed by atoms with van der Waals surface area (Å²) < 4.78 is 38.2. The SMILES string of the molecule is CN(CCC(F)(F)F)C(=O)c1cc(N)cn1C1CC1. The number of aromatic nitrogens is 1. The number of hydrogen-bond donors (Lipinski definition) is 1. The lowest BCUT2D eigenvalue weighted by Crippen LogP contribution is -2.31. The van der Waals surface area contributed by atoms with Crippen LogP contribution in [0.4, 0.5) is 18.9 Å². The van der Waals surface area contributed by atoms with Crippen molar-refractivity contribution in [3.63, 3.8) is 0 Å². The number of nitrogen functional groups attached to an aromatic ring is 1. The largest absolute Gasteiger partial charge is 0.397 e. The first-order valence-electron chi connectivity index (χ1n) is 6.07. The summed E-state index contributed by atoms with van der Waals surface area (Å²) in [6.07, 6.45) is -1.65. The van der Waals surface area contributed by atoms with Crippen LogP contribution in [-0.4, -0.2) is 35.1 Å². The molecule has 1 aliphatic rings. The standard InChI is InChI=1S/C12H16F3N3O/c1-17(5-4-12(13,14)15)11(19)10-6-8(16)7-18(10)9-2-3-9/h6-7,9H,2-5,16H2,1H3. The molecule has 0 unspecified atom stereocenters. The summed E-state index contributed by atoms with van der Waals surface area (Å²) in [5, 5.41) is 0. The molecule has 7 heteroatoms. The van der Waals surface area contributed by atoms with Crippen LogP contribution in [0.25, 0.3) is 0 Å². The van der Waals surface area contributed by atoms with E-state index >= 15 is 0 Å². The Hall–Kier alpha value is -1.66. The smallest absolute Gasteiger partial charge is 0.390 e. The summed E-state index contributed by atoms with van der Waals surface area (Å²) in [5.41, 5.74) is 6.48. The number of nitrogens with zero attached hydrogens (tertiary/aromatic N) is 2. The van der Waals surface area contributed by atoms with Crippen LogP contribution in [0.3, 0.4) is 0 Å². The van der Waals surface area contributed by atoms with Gasteiger partial charge in [-0.25, -0.2) is 0 Å². The van der Waals surface area contributed by atoms with Gasteiger partial charge < -0.3 is 15.2 Å². The Morgan fingerprint density at radius 1 is 1.53 bits per heavy atom. The van der Waals surface area contributed by atoms with Crippen molar-refractivity contribution in [1.82, 2.24) is 9.47 Å². The molecule has 0 saturated heterocycles. The van der Waals surface area contributed by atoms with E-state index in [9.17, 15) is 18.0 Å². The molecule has 0 radical (unpaired) electrons. The van der Waals surface area contributed by atoms with Gasteiger partial charge in [-0.2, -0.15) is 13.2 Å². The average molecular weight is 275 g/mol. The molecular formula is C12H16F3N3O. The molecule has 2 N–H and O–H groups in total. The topological polar surface area (TPSA) is 51.3 Å². The number of anilines is 1. The third-order valence-corrected chi connectivity index (χ3v) is 3.11. The van der Waals surface area contributed by atoms with E-state index in [0.29, 0.717) is 11.4 Å². The van der Waals surface area contributed by atoms with Gasteiger partial charge in [0, 0.05) is 25.8 Å². The minimum atomic E-state index is -4.26. The van der Waals surface area contributed by atoms with Crippen molar-refractivity contribution in [1.29, 1.82) is 0 Å². The van der Waals surface area contributed by atoms with Crippen molar-refractivity contribution in [3.05, 3.63) is 18.0 Å². The minimum absolute atomic E-state index is 0.257. The Morgan fingerprint density at radius 3 is 2.68 bits per heavy atom. The molecule has 0 spiro atoms. The zero-order chi connectivity index (χ0) is 14.2. The van der Waals surface area contributed by atoms with Crippen molar-refractivity contribution >= 4 is 11.6 Å². The van der Waals surface area contributed by atoms with Crippen LogP contribution in [0.15, 0.2) is 12.3 Å². The highest BCUT2D eigenvalue weighted by molar-refractivity contribution is 5.93. The van der Waals surface area contributed by atoms with Crippen molar-refractivity contribution in [3.8, 4) is 0 Å². The van der Waals surface area contributed by atoms with E-state index in [1.807, 2.05) is 0 Å². The predicted molar refractivity (Wildman–Crippen MR) is 64.7 cm³/mol. The number of alkyl halides is 3. The van der Waals surface area contributed by atoms with Gasteiger partial charge in [0.15, 0.2) is 0 Å². The molecule has 0 bridgehead atoms. The molecule has 1 aliphatic carbocycles. The van der Waals surface area contributed by atoms with E-state index in [0.717, 1.165) is 17.7 Å². The van der Waals surface area contributed by atoms with Crippen LogP contribution in [0.5, 0.6) is 0 Å². The summed E-state index contributed by atoms with van der Waals surface area (Å²) in [5.74, 6) is -0.423. The molecule has 1 amide bonds. The summed E-state index contributed by atoms with van der Waals surface area (Å²) in [7, 11) is 1.37. The fraction of sp³-hybridized carbons (Fsp3) is 0.583. The Bertz CT molecular complexity index is 477. The lowest BCUT2D eigenvalue weighted by Gasteiger charge is -2.19. The maximum Gasteiger partial charge on any atom is 0.390 e. The van der Waals surface area contributed by atoms with Gasteiger partial charge in [0.25, 0.3) is 5.91 Å². The Kier molecular flexibility index (Phi) is 3.47. The van der Waals surface area contributed by atoms with Gasteiger partial charge in [0.05, 0.1) is 12.1 Å². The normalized spacial score (nSPS) is 15.6. The number of nitrogens with two attached hydrogens (primary N) is 1. The number of amides is 1. The highest BCUT2D eigenvalue weighted by Crippen LogP contribution is 2.37. The number of halogens is 3. The summed E-state index contributed by atoms with van der Waals surface area (Å²) in [4.78, 5) is 13.2. The van der Waals surface area contributed by atoms with Crippen molar-refractivity contribution in [2.24, 2.45) is 0 Å². The quantitative estimate of drug-likeness (QED) is 0.917. The predicted octanol–water partition coefficient (Wildman–Crippen LogP) is 2.43. The van der Waals surface area contributed by atoms with E-state index in [4.69, 9.17) is 5.73 Å². The van der Waals surface area contributed by atoms with Gasteiger partial charge in [-0.05, 0) is 18.9 Å². The van der Waals surface area contributed by atoms with Gasteiger partial charge in [0.2, 0.25) is 0 Å². The average Bonchev–Trinajstić information content (AvgIpc) is 3.07. The van der Waals surface area contributed by atoms with Gasteiger partial charge in [-0.15, -0.1) is 0 Å². The molecule has 0 aromatic carbocycles. The van der Waals surface area contributed by atoms with Gasteiger partial charge in [-0.1, -0.05) is 0 Å². The lowest BCUT2D eigenvalue weighted by atomic mass is 10.3. The molecule has 19 heavy (non-hydrogen) atoms. The lowest BCUT2D eigenvalue weighted by molar-refractivity contribution is -0.136. The van der Waals surface area contributed by atoms with Gasteiger partial charge in [0.1, 0.15) is 5.69 Å². The molecule has 1 aromatic heterocycles. The van der Waals surface area contributed by atoms with E-state index < -0.39 is 18.5 Å². The van der Waals surface area contributed by atoms with Crippen LogP contribution in [0, 0.1) is 0 Å². The number of carbonyl (C=O) groups is 1. The molecule has 1 aromatic rings. The first kappa shape index (κ1) is 13.8. The second-order valence-corrected chi connectivity index (χ2v) is 4.89. The molecule has 0 aliphatic heterocycles. The maximum absolute atomic E-state index is 12.1. The van der Waals surface area contributed by atoms with E-state index in [2.05, 4.69) is 0 Å². The highest BCUT2D eigenvalue weighted by atomic mass is 19.4. The Balaban J connectivity index is 2.06. The molecule has 106 valence electrons. The maximum atomic E-state index is 12.1. The summed E-state index contributed by atoms with van der Waals surface area (Å²) in [6.45, 7) is -0.349. The Morgan fingerprint density at radius 2 is 2.16 bits per heavy atom. The number of carbonyl (C=O) groups excluding carboxylic acids is 1. The second kappa shape index (κ2) is 4.79. The van der Waals surface area contributed by atoms with Crippen molar-refractivity contribution < 1.29 is 18.0 Å². The zero-order valence-electron chi connectivity index (χ0n) is 10.6. The number of rotatable bonds is 4. The summed E-state index contributed by atoms with van der Waals surface area (Å²) >= 11 is 0.